The molecule has 1 unspecified atom stereocenters. The maximum Gasteiger partial charge on any atom is 0.0863 e. The minimum Gasteiger partial charge on any atom is -0.244 e. The van der Waals surface area contributed by atoms with Crippen molar-refractivity contribution in [3.05, 3.63) is 23.2 Å². The number of rotatable bonds is 0. The lowest BCUT2D eigenvalue weighted by molar-refractivity contribution is 0.681. The molecule has 1 aromatic rings. The Morgan fingerprint density at radius 2 is 2.33 bits per heavy atom. The van der Waals surface area contributed by atoms with Crippen molar-refractivity contribution in [2.45, 2.75) is 9.79 Å². The summed E-state index contributed by atoms with van der Waals surface area (Å²) < 4.78 is 15.7. The van der Waals surface area contributed by atoms with E-state index < -0.39 is 9.73 Å². The van der Waals surface area contributed by atoms with Crippen LogP contribution in [0.5, 0.6) is 0 Å². The van der Waals surface area contributed by atoms with Crippen molar-refractivity contribution in [2.24, 2.45) is 3.77 Å². The predicted octanol–water partition coefficient (Wildman–Crippen LogP) is 2.82. The van der Waals surface area contributed by atoms with Gasteiger partial charge >= 0.3 is 0 Å². The molecule has 2 nitrogen and oxygen atoms in total. The summed E-state index contributed by atoms with van der Waals surface area (Å²) in [6.45, 7) is 0. The smallest absolute Gasteiger partial charge is 0.0863 e. The summed E-state index contributed by atoms with van der Waals surface area (Å²) in [5, 5.41) is 0.550. The standard InChI is InChI=1S/C7H6ClNOS2/c1-12(10)7-5(8)3-2-4-6(7)11-9-12/h2-4H,1H3. The highest BCUT2D eigenvalue weighted by molar-refractivity contribution is 8.09. The highest BCUT2D eigenvalue weighted by Gasteiger charge is 2.22. The molecule has 0 aromatic heterocycles. The zero-order chi connectivity index (χ0) is 8.77. The van der Waals surface area contributed by atoms with E-state index in [1.54, 1.807) is 12.3 Å². The van der Waals surface area contributed by atoms with Crippen molar-refractivity contribution in [1.82, 2.24) is 0 Å². The number of nitrogens with zero attached hydrogens (tertiary/aromatic N) is 1. The topological polar surface area (TPSA) is 29.4 Å². The SMILES string of the molecule is CS1(=O)=NSc2cccc(Cl)c21. The third kappa shape index (κ3) is 1.14. The van der Waals surface area contributed by atoms with Crippen LogP contribution in [0.1, 0.15) is 0 Å². The van der Waals surface area contributed by atoms with E-state index in [4.69, 9.17) is 11.6 Å². The van der Waals surface area contributed by atoms with Gasteiger partial charge in [-0.05, 0) is 12.1 Å². The molecule has 0 spiro atoms. The Kier molecular flexibility index (Phi) is 1.86. The van der Waals surface area contributed by atoms with Crippen LogP contribution < -0.4 is 0 Å². The molecule has 0 aliphatic carbocycles. The van der Waals surface area contributed by atoms with Gasteiger partial charge in [0.25, 0.3) is 0 Å². The zero-order valence-corrected chi connectivity index (χ0v) is 8.67. The highest BCUT2D eigenvalue weighted by atomic mass is 35.5. The lowest BCUT2D eigenvalue weighted by Crippen LogP contribution is -1.94. The quantitative estimate of drug-likeness (QED) is 0.628. The molecule has 64 valence electrons. The molecule has 0 N–H and O–H groups in total. The second-order valence-corrected chi connectivity index (χ2v) is 6.17. The third-order valence-electron chi connectivity index (χ3n) is 1.59. The van der Waals surface area contributed by atoms with Crippen molar-refractivity contribution < 1.29 is 4.21 Å². The summed E-state index contributed by atoms with van der Waals surface area (Å²) >= 11 is 7.16. The van der Waals surface area contributed by atoms with Crippen LogP contribution in [0.15, 0.2) is 31.8 Å². The van der Waals surface area contributed by atoms with Crippen molar-refractivity contribution >= 4 is 33.3 Å². The van der Waals surface area contributed by atoms with Crippen LogP contribution in [0, 0.1) is 0 Å². The molecule has 1 atom stereocenters. The molecule has 0 radical (unpaired) electrons. The molecular weight excluding hydrogens is 214 g/mol. The minimum atomic E-state index is -2.23. The van der Waals surface area contributed by atoms with Gasteiger partial charge in [-0.1, -0.05) is 17.7 Å². The van der Waals surface area contributed by atoms with E-state index in [1.807, 2.05) is 12.1 Å². The van der Waals surface area contributed by atoms with Gasteiger partial charge in [-0.25, -0.2) is 4.21 Å². The fourth-order valence-corrected chi connectivity index (χ4v) is 4.70. The van der Waals surface area contributed by atoms with E-state index in [2.05, 4.69) is 3.77 Å². The Labute approximate surface area is 80.6 Å². The van der Waals surface area contributed by atoms with E-state index in [0.29, 0.717) is 9.92 Å². The highest BCUT2D eigenvalue weighted by Crippen LogP contribution is 2.40. The van der Waals surface area contributed by atoms with Crippen LogP contribution >= 0.6 is 23.5 Å². The normalized spacial score (nSPS) is 26.5. The van der Waals surface area contributed by atoms with Gasteiger partial charge in [0.15, 0.2) is 0 Å². The van der Waals surface area contributed by atoms with Crippen LogP contribution in [0.3, 0.4) is 0 Å². The van der Waals surface area contributed by atoms with Crippen LogP contribution in [-0.2, 0) is 9.73 Å². The van der Waals surface area contributed by atoms with Gasteiger partial charge in [0.2, 0.25) is 0 Å². The number of hydrogen-bond acceptors (Lipinski definition) is 3. The molecule has 1 aliphatic rings. The summed E-state index contributed by atoms with van der Waals surface area (Å²) in [6.07, 6.45) is 1.61. The molecule has 2 rings (SSSR count). The molecule has 5 heteroatoms. The van der Waals surface area contributed by atoms with Gasteiger partial charge in [-0.15, -0.1) is 0 Å². The zero-order valence-electron chi connectivity index (χ0n) is 6.28. The lowest BCUT2D eigenvalue weighted by Gasteiger charge is -2.00. The molecule has 1 heterocycles. The molecule has 12 heavy (non-hydrogen) atoms. The summed E-state index contributed by atoms with van der Waals surface area (Å²) in [5.74, 6) is 0. The molecule has 0 saturated carbocycles. The molecule has 0 saturated heterocycles. The van der Waals surface area contributed by atoms with Gasteiger partial charge in [-0.2, -0.15) is 3.77 Å². The average molecular weight is 220 g/mol. The first-order valence-electron chi connectivity index (χ1n) is 3.28. The summed E-state index contributed by atoms with van der Waals surface area (Å²) in [5.41, 5.74) is 0. The third-order valence-corrected chi connectivity index (χ3v) is 5.31. The molecule has 0 fully saturated rings. The van der Waals surface area contributed by atoms with Crippen LogP contribution in [0.4, 0.5) is 0 Å². The molecule has 1 aliphatic heterocycles. The minimum absolute atomic E-state index is 0.550. The summed E-state index contributed by atoms with van der Waals surface area (Å²) in [6, 6.07) is 5.46. The summed E-state index contributed by atoms with van der Waals surface area (Å²) in [4.78, 5) is 1.60. The number of hydrogen-bond donors (Lipinski definition) is 0. The van der Waals surface area contributed by atoms with Gasteiger partial charge in [-0.3, -0.25) is 0 Å². The average Bonchev–Trinajstić information content (AvgIpc) is 2.29. The Bertz CT molecular complexity index is 449. The number of fused-ring (bicyclic) bond motifs is 1. The number of benzene rings is 1. The van der Waals surface area contributed by atoms with Gasteiger partial charge in [0, 0.05) is 23.1 Å². The molecular formula is C7H6ClNOS2. The van der Waals surface area contributed by atoms with E-state index in [0.717, 1.165) is 4.90 Å². The Morgan fingerprint density at radius 1 is 1.58 bits per heavy atom. The van der Waals surface area contributed by atoms with Crippen molar-refractivity contribution in [2.75, 3.05) is 6.26 Å². The van der Waals surface area contributed by atoms with Gasteiger partial charge in [0.1, 0.15) is 0 Å². The Balaban J connectivity index is 2.82. The first kappa shape index (κ1) is 8.41. The maximum absolute atomic E-state index is 11.8. The van der Waals surface area contributed by atoms with E-state index in [-0.39, 0.29) is 0 Å². The van der Waals surface area contributed by atoms with E-state index >= 15 is 0 Å². The number of halogens is 1. The molecule has 0 amide bonds. The first-order valence-corrected chi connectivity index (χ1v) is 6.36. The Morgan fingerprint density at radius 3 is 3.00 bits per heavy atom. The predicted molar refractivity (Wildman–Crippen MR) is 52.1 cm³/mol. The van der Waals surface area contributed by atoms with Crippen LogP contribution in [0.25, 0.3) is 0 Å². The van der Waals surface area contributed by atoms with E-state index in [9.17, 15) is 4.21 Å². The first-order chi connectivity index (χ1) is 5.61. The molecule has 1 aromatic carbocycles. The van der Waals surface area contributed by atoms with Crippen molar-refractivity contribution in [1.29, 1.82) is 0 Å². The van der Waals surface area contributed by atoms with Crippen LogP contribution in [-0.4, -0.2) is 10.5 Å². The maximum atomic E-state index is 11.8. The van der Waals surface area contributed by atoms with Gasteiger partial charge < -0.3 is 0 Å². The monoisotopic (exact) mass is 219 g/mol. The lowest BCUT2D eigenvalue weighted by atomic mass is 10.4. The largest absolute Gasteiger partial charge is 0.244 e. The molecule has 0 bridgehead atoms. The van der Waals surface area contributed by atoms with Gasteiger partial charge in [0.05, 0.1) is 19.6 Å². The second kappa shape index (κ2) is 2.65. The van der Waals surface area contributed by atoms with Crippen molar-refractivity contribution in [3.8, 4) is 0 Å². The second-order valence-electron chi connectivity index (χ2n) is 2.54. The summed E-state index contributed by atoms with van der Waals surface area (Å²) in [7, 11) is -2.23. The fraction of sp³-hybridized carbons (Fsp3) is 0.143. The van der Waals surface area contributed by atoms with Crippen molar-refractivity contribution in [3.63, 3.8) is 0 Å². The van der Waals surface area contributed by atoms with E-state index in [1.165, 1.54) is 11.9 Å². The fourth-order valence-electron chi connectivity index (χ4n) is 1.08. The Hall–Kier alpha value is -0.190. The van der Waals surface area contributed by atoms with Crippen LogP contribution in [0.2, 0.25) is 5.02 Å².